The number of hydrogen-bond donors (Lipinski definition) is 0. The molecule has 0 saturated heterocycles. The number of aldehydes is 2. The number of hydrogen-bond acceptors (Lipinski definition) is 2. The molecule has 0 aromatic heterocycles. The van der Waals surface area contributed by atoms with E-state index < -0.39 is 0 Å². The lowest BCUT2D eigenvalue weighted by Gasteiger charge is -1.94. The molecule has 0 aromatic rings. The van der Waals surface area contributed by atoms with Crippen LogP contribution in [0.4, 0.5) is 0 Å². The third kappa shape index (κ3) is 14.8. The Morgan fingerprint density at radius 3 is 1.47 bits per heavy atom. The lowest BCUT2D eigenvalue weighted by atomic mass is 10.1. The maximum atomic E-state index is 10.1. The Bertz CT molecular complexity index is 229. The van der Waals surface area contributed by atoms with E-state index >= 15 is 0 Å². The van der Waals surface area contributed by atoms with Gasteiger partial charge in [-0.2, -0.15) is 0 Å². The Morgan fingerprint density at radius 2 is 1.00 bits per heavy atom. The molecule has 0 amide bonds. The van der Waals surface area contributed by atoms with Gasteiger partial charge in [-0.25, -0.2) is 0 Å². The number of unbranched alkanes of at least 4 members (excludes halogenated alkanes) is 6. The van der Waals surface area contributed by atoms with E-state index in [2.05, 4.69) is 18.2 Å². The summed E-state index contributed by atoms with van der Waals surface area (Å²) >= 11 is 0. The lowest BCUT2D eigenvalue weighted by molar-refractivity contribution is -0.108. The van der Waals surface area contributed by atoms with Crippen LogP contribution in [-0.4, -0.2) is 12.6 Å². The van der Waals surface area contributed by atoms with E-state index in [1.807, 2.05) is 6.08 Å². The SMILES string of the molecule is O=CCC=CCCCCC=CCCCCC=O. The number of allylic oxidation sites excluding steroid dienone is 4. The van der Waals surface area contributed by atoms with Gasteiger partial charge in [0, 0.05) is 12.8 Å². The van der Waals surface area contributed by atoms with Gasteiger partial charge < -0.3 is 9.59 Å². The molecule has 2 heteroatoms. The number of carbonyl (C=O) groups is 2. The highest BCUT2D eigenvalue weighted by Crippen LogP contribution is 2.04. The quantitative estimate of drug-likeness (QED) is 0.291. The van der Waals surface area contributed by atoms with E-state index in [1.165, 1.54) is 12.8 Å². The second-order valence-corrected chi connectivity index (χ2v) is 4.08. The van der Waals surface area contributed by atoms with Crippen molar-refractivity contribution in [1.82, 2.24) is 0 Å². The van der Waals surface area contributed by atoms with Gasteiger partial charge in [-0.05, 0) is 44.9 Å². The Hall–Kier alpha value is -1.18. The standard InChI is InChI=1S/C15H24O2/c16-14-12-10-8-6-4-2-1-3-5-7-9-11-13-15-17/h2,4,9,11,14-15H,1,3,5-8,10,12-13H2. The minimum Gasteiger partial charge on any atom is -0.303 e. The van der Waals surface area contributed by atoms with Crippen molar-refractivity contribution < 1.29 is 9.59 Å². The van der Waals surface area contributed by atoms with E-state index in [0.29, 0.717) is 12.8 Å². The molecule has 0 unspecified atom stereocenters. The van der Waals surface area contributed by atoms with Crippen LogP contribution >= 0.6 is 0 Å². The fourth-order valence-electron chi connectivity index (χ4n) is 1.52. The molecule has 0 rings (SSSR count). The maximum Gasteiger partial charge on any atom is 0.123 e. The van der Waals surface area contributed by atoms with E-state index in [9.17, 15) is 9.59 Å². The van der Waals surface area contributed by atoms with Crippen molar-refractivity contribution in [3.05, 3.63) is 24.3 Å². The second-order valence-electron chi connectivity index (χ2n) is 4.08. The number of rotatable bonds is 12. The van der Waals surface area contributed by atoms with Gasteiger partial charge >= 0.3 is 0 Å². The summed E-state index contributed by atoms with van der Waals surface area (Å²) in [6.07, 6.45) is 19.4. The van der Waals surface area contributed by atoms with Crippen LogP contribution in [0, 0.1) is 0 Å². The molecule has 0 saturated carbocycles. The Balaban J connectivity index is 3.13. The zero-order valence-electron chi connectivity index (χ0n) is 10.6. The van der Waals surface area contributed by atoms with Crippen LogP contribution in [0.2, 0.25) is 0 Å². The summed E-state index contributed by atoms with van der Waals surface area (Å²) in [6, 6.07) is 0. The summed E-state index contributed by atoms with van der Waals surface area (Å²) in [7, 11) is 0. The van der Waals surface area contributed by atoms with Gasteiger partial charge in [-0.3, -0.25) is 0 Å². The van der Waals surface area contributed by atoms with Gasteiger partial charge in [-0.15, -0.1) is 0 Å². The predicted molar refractivity (Wildman–Crippen MR) is 72.0 cm³/mol. The molecule has 0 aliphatic heterocycles. The molecule has 0 fully saturated rings. The van der Waals surface area contributed by atoms with Crippen LogP contribution in [0.1, 0.15) is 57.8 Å². The molecular weight excluding hydrogens is 212 g/mol. The first-order valence-corrected chi connectivity index (χ1v) is 6.59. The van der Waals surface area contributed by atoms with E-state index in [-0.39, 0.29) is 0 Å². The largest absolute Gasteiger partial charge is 0.303 e. The van der Waals surface area contributed by atoms with Crippen molar-refractivity contribution in [3.8, 4) is 0 Å². The molecule has 2 nitrogen and oxygen atoms in total. The van der Waals surface area contributed by atoms with Gasteiger partial charge in [-0.1, -0.05) is 24.3 Å². The summed E-state index contributed by atoms with van der Waals surface area (Å²) in [6.45, 7) is 0. The molecule has 96 valence electrons. The Morgan fingerprint density at radius 1 is 0.529 bits per heavy atom. The molecule has 0 aliphatic rings. The first-order valence-electron chi connectivity index (χ1n) is 6.59. The third-order valence-corrected chi connectivity index (χ3v) is 2.50. The highest BCUT2D eigenvalue weighted by molar-refractivity contribution is 5.51. The van der Waals surface area contributed by atoms with Crippen LogP contribution < -0.4 is 0 Å². The summed E-state index contributed by atoms with van der Waals surface area (Å²) < 4.78 is 0. The third-order valence-electron chi connectivity index (χ3n) is 2.50. The zero-order valence-corrected chi connectivity index (χ0v) is 10.6. The molecule has 17 heavy (non-hydrogen) atoms. The fourth-order valence-corrected chi connectivity index (χ4v) is 1.52. The Labute approximate surface area is 105 Å². The molecule has 0 radical (unpaired) electrons. The summed E-state index contributed by atoms with van der Waals surface area (Å²) in [4.78, 5) is 20.1. The average molecular weight is 236 g/mol. The average Bonchev–Trinajstić information content (AvgIpc) is 2.35. The van der Waals surface area contributed by atoms with Gasteiger partial charge in [0.05, 0.1) is 0 Å². The molecule has 0 heterocycles. The van der Waals surface area contributed by atoms with Crippen LogP contribution in [0.5, 0.6) is 0 Å². The smallest absolute Gasteiger partial charge is 0.123 e. The van der Waals surface area contributed by atoms with Crippen molar-refractivity contribution in [2.45, 2.75) is 57.8 Å². The van der Waals surface area contributed by atoms with Crippen molar-refractivity contribution in [3.63, 3.8) is 0 Å². The first kappa shape index (κ1) is 15.8. The van der Waals surface area contributed by atoms with E-state index in [0.717, 1.165) is 44.7 Å². The molecule has 0 aromatic carbocycles. The van der Waals surface area contributed by atoms with Gasteiger partial charge in [0.2, 0.25) is 0 Å². The second kappa shape index (κ2) is 14.8. The molecule has 0 bridgehead atoms. The van der Waals surface area contributed by atoms with Crippen LogP contribution in [0.15, 0.2) is 24.3 Å². The zero-order chi connectivity index (χ0) is 12.6. The molecule has 0 aliphatic carbocycles. The minimum atomic E-state index is 0.542. The van der Waals surface area contributed by atoms with Crippen LogP contribution in [-0.2, 0) is 9.59 Å². The van der Waals surface area contributed by atoms with Crippen molar-refractivity contribution >= 4 is 12.6 Å². The van der Waals surface area contributed by atoms with Gasteiger partial charge in [0.1, 0.15) is 12.6 Å². The maximum absolute atomic E-state index is 10.1. The van der Waals surface area contributed by atoms with Crippen LogP contribution in [0.3, 0.4) is 0 Å². The minimum absolute atomic E-state index is 0.542. The molecular formula is C15H24O2. The monoisotopic (exact) mass is 236 g/mol. The highest BCUT2D eigenvalue weighted by Gasteiger charge is 1.86. The molecule has 0 spiro atoms. The van der Waals surface area contributed by atoms with Crippen LogP contribution in [0.25, 0.3) is 0 Å². The topological polar surface area (TPSA) is 34.1 Å². The fraction of sp³-hybridized carbons (Fsp3) is 0.600. The van der Waals surface area contributed by atoms with Crippen molar-refractivity contribution in [2.75, 3.05) is 0 Å². The molecule has 0 atom stereocenters. The Kier molecular flexibility index (Phi) is 13.8. The van der Waals surface area contributed by atoms with Gasteiger partial charge in [0.15, 0.2) is 0 Å². The summed E-state index contributed by atoms with van der Waals surface area (Å²) in [5.74, 6) is 0. The summed E-state index contributed by atoms with van der Waals surface area (Å²) in [5, 5.41) is 0. The summed E-state index contributed by atoms with van der Waals surface area (Å²) in [5.41, 5.74) is 0. The first-order chi connectivity index (χ1) is 8.41. The highest BCUT2D eigenvalue weighted by atomic mass is 16.1. The normalized spacial score (nSPS) is 11.3. The molecule has 0 N–H and O–H groups in total. The van der Waals surface area contributed by atoms with E-state index in [4.69, 9.17) is 0 Å². The lowest BCUT2D eigenvalue weighted by Crippen LogP contribution is -1.77. The van der Waals surface area contributed by atoms with Gasteiger partial charge in [0.25, 0.3) is 0 Å². The van der Waals surface area contributed by atoms with Crippen molar-refractivity contribution in [2.24, 2.45) is 0 Å². The van der Waals surface area contributed by atoms with Crippen molar-refractivity contribution in [1.29, 1.82) is 0 Å². The van der Waals surface area contributed by atoms with E-state index in [1.54, 1.807) is 0 Å². The number of carbonyl (C=O) groups excluding carboxylic acids is 2. The predicted octanol–water partition coefficient (Wildman–Crippen LogP) is 4.01.